The highest BCUT2D eigenvalue weighted by Crippen LogP contribution is 2.17. The van der Waals surface area contributed by atoms with Crippen molar-refractivity contribution in [3.8, 4) is 0 Å². The molecule has 0 aromatic rings. The molecule has 0 aliphatic heterocycles. The summed E-state index contributed by atoms with van der Waals surface area (Å²) in [5, 5.41) is 0. The molecule has 0 bridgehead atoms. The minimum absolute atomic E-state index is 0.0636. The van der Waals surface area contributed by atoms with E-state index in [0.717, 1.165) is 69.6 Å². The summed E-state index contributed by atoms with van der Waals surface area (Å²) >= 11 is 0. The van der Waals surface area contributed by atoms with Crippen molar-refractivity contribution in [1.29, 1.82) is 0 Å². The van der Waals surface area contributed by atoms with Crippen molar-refractivity contribution in [2.45, 2.75) is 304 Å². The van der Waals surface area contributed by atoms with E-state index >= 15 is 0 Å². The van der Waals surface area contributed by atoms with Crippen molar-refractivity contribution in [1.82, 2.24) is 0 Å². The number of rotatable bonds is 48. The number of carbonyl (C=O) groups is 3. The van der Waals surface area contributed by atoms with E-state index in [-0.39, 0.29) is 31.1 Å². The number of esters is 3. The second-order valence-corrected chi connectivity index (χ2v) is 19.5. The molecule has 0 aromatic carbocycles. The Hall–Kier alpha value is -1.59. The maximum Gasteiger partial charge on any atom is 0.306 e. The standard InChI is InChI=1S/C54H104O6/c1-6-7-8-9-10-11-12-13-14-15-20-25-31-36-41-46-54(57)60-51(48-59-53(56)45-40-35-30-26-21-23-28-33-38-43-50(4)5)47-58-52(55)44-39-34-29-24-19-17-16-18-22-27-32-37-42-49(2)3/h49-51H,6-48H2,1-5H3/t51-/m0/s1. The Balaban J connectivity index is 4.31. The van der Waals surface area contributed by atoms with Crippen LogP contribution < -0.4 is 0 Å². The fraction of sp³-hybridized carbons (Fsp3) is 0.944. The zero-order chi connectivity index (χ0) is 44.0. The lowest BCUT2D eigenvalue weighted by atomic mass is 10.0. The second-order valence-electron chi connectivity index (χ2n) is 19.5. The van der Waals surface area contributed by atoms with E-state index in [1.807, 2.05) is 0 Å². The van der Waals surface area contributed by atoms with E-state index in [9.17, 15) is 14.4 Å². The van der Waals surface area contributed by atoms with E-state index in [1.54, 1.807) is 0 Å². The Morgan fingerprint density at radius 2 is 0.550 bits per heavy atom. The molecule has 0 saturated heterocycles. The van der Waals surface area contributed by atoms with Gasteiger partial charge in [0.05, 0.1) is 0 Å². The first-order valence-electron chi connectivity index (χ1n) is 26.7. The number of ether oxygens (including phenoxy) is 3. The van der Waals surface area contributed by atoms with Gasteiger partial charge in [-0.1, -0.05) is 259 Å². The summed E-state index contributed by atoms with van der Waals surface area (Å²) in [5.74, 6) is 0.796. The third kappa shape index (κ3) is 47.5. The summed E-state index contributed by atoms with van der Waals surface area (Å²) in [6.45, 7) is 11.4. The minimum atomic E-state index is -0.762. The number of hydrogen-bond donors (Lipinski definition) is 0. The van der Waals surface area contributed by atoms with Crippen LogP contribution >= 0.6 is 0 Å². The first-order valence-corrected chi connectivity index (χ1v) is 26.7. The van der Waals surface area contributed by atoms with Crippen molar-refractivity contribution in [2.75, 3.05) is 13.2 Å². The van der Waals surface area contributed by atoms with Crippen LogP contribution in [0.4, 0.5) is 0 Å². The molecule has 0 unspecified atom stereocenters. The molecule has 0 aliphatic rings. The van der Waals surface area contributed by atoms with Gasteiger partial charge < -0.3 is 14.2 Å². The highest BCUT2D eigenvalue weighted by molar-refractivity contribution is 5.71. The van der Waals surface area contributed by atoms with E-state index in [0.29, 0.717) is 19.3 Å². The maximum atomic E-state index is 12.8. The lowest BCUT2D eigenvalue weighted by molar-refractivity contribution is -0.167. The van der Waals surface area contributed by atoms with E-state index < -0.39 is 6.10 Å². The highest BCUT2D eigenvalue weighted by atomic mass is 16.6. The van der Waals surface area contributed by atoms with Crippen LogP contribution in [0.3, 0.4) is 0 Å². The fourth-order valence-corrected chi connectivity index (χ4v) is 8.17. The molecule has 0 amide bonds. The Morgan fingerprint density at radius 3 is 0.817 bits per heavy atom. The molecule has 0 rings (SSSR count). The van der Waals surface area contributed by atoms with Gasteiger partial charge in [0.1, 0.15) is 13.2 Å². The average molecular weight is 849 g/mol. The third-order valence-electron chi connectivity index (χ3n) is 12.2. The van der Waals surface area contributed by atoms with Crippen molar-refractivity contribution >= 4 is 17.9 Å². The van der Waals surface area contributed by atoms with Gasteiger partial charge in [-0.3, -0.25) is 14.4 Å². The number of carbonyl (C=O) groups excluding carboxylic acids is 3. The smallest absolute Gasteiger partial charge is 0.306 e. The van der Waals surface area contributed by atoms with Crippen LogP contribution in [0, 0.1) is 11.8 Å². The van der Waals surface area contributed by atoms with Crippen LogP contribution in [0.5, 0.6) is 0 Å². The molecule has 0 aromatic heterocycles. The molecule has 0 spiro atoms. The SMILES string of the molecule is CCCCCCCCCCCCCCCCCC(=O)O[C@@H](COC(=O)CCCCCCCCCCCCCCC(C)C)COC(=O)CCCCCCCCCCCC(C)C. The van der Waals surface area contributed by atoms with E-state index in [4.69, 9.17) is 14.2 Å². The molecular formula is C54H104O6. The molecule has 0 aliphatic carbocycles. The van der Waals surface area contributed by atoms with E-state index in [1.165, 1.54) is 186 Å². The average Bonchev–Trinajstić information content (AvgIpc) is 3.22. The van der Waals surface area contributed by atoms with Crippen molar-refractivity contribution in [2.24, 2.45) is 11.8 Å². The molecule has 0 radical (unpaired) electrons. The van der Waals surface area contributed by atoms with Gasteiger partial charge in [0, 0.05) is 19.3 Å². The Labute approximate surface area is 374 Å². The minimum Gasteiger partial charge on any atom is -0.462 e. The Bertz CT molecular complexity index is 916. The van der Waals surface area contributed by atoms with Crippen molar-refractivity contribution in [3.05, 3.63) is 0 Å². The zero-order valence-corrected chi connectivity index (χ0v) is 41.1. The van der Waals surface area contributed by atoms with Crippen LogP contribution in [-0.2, 0) is 28.6 Å². The predicted molar refractivity (Wildman–Crippen MR) is 256 cm³/mol. The van der Waals surface area contributed by atoms with E-state index in [2.05, 4.69) is 34.6 Å². The zero-order valence-electron chi connectivity index (χ0n) is 41.1. The molecular weight excluding hydrogens is 745 g/mol. The van der Waals surface area contributed by atoms with Gasteiger partial charge in [0.15, 0.2) is 6.10 Å². The molecule has 356 valence electrons. The van der Waals surface area contributed by atoms with Crippen LogP contribution in [0.15, 0.2) is 0 Å². The van der Waals surface area contributed by atoms with Crippen molar-refractivity contribution < 1.29 is 28.6 Å². The first-order chi connectivity index (χ1) is 29.2. The quantitative estimate of drug-likeness (QED) is 0.0345. The van der Waals surface area contributed by atoms with Crippen LogP contribution in [-0.4, -0.2) is 37.2 Å². The predicted octanol–water partition coefficient (Wildman–Crippen LogP) is 17.3. The van der Waals surface area contributed by atoms with Gasteiger partial charge in [0.25, 0.3) is 0 Å². The molecule has 60 heavy (non-hydrogen) atoms. The van der Waals surface area contributed by atoms with Gasteiger partial charge >= 0.3 is 17.9 Å². The van der Waals surface area contributed by atoms with Crippen molar-refractivity contribution in [3.63, 3.8) is 0 Å². The first kappa shape index (κ1) is 58.4. The summed E-state index contributed by atoms with van der Waals surface area (Å²) in [4.78, 5) is 38.0. The highest BCUT2D eigenvalue weighted by Gasteiger charge is 2.19. The monoisotopic (exact) mass is 849 g/mol. The van der Waals surface area contributed by atoms with Gasteiger partial charge in [-0.15, -0.1) is 0 Å². The molecule has 0 fully saturated rings. The molecule has 6 nitrogen and oxygen atoms in total. The molecule has 0 saturated carbocycles. The lowest BCUT2D eigenvalue weighted by Crippen LogP contribution is -2.30. The molecule has 0 heterocycles. The number of unbranched alkanes of at least 4 members (excludes halogenated alkanes) is 33. The topological polar surface area (TPSA) is 78.9 Å². The van der Waals surface area contributed by atoms with Gasteiger partial charge in [0.2, 0.25) is 0 Å². The molecule has 0 N–H and O–H groups in total. The van der Waals surface area contributed by atoms with Gasteiger partial charge in [-0.05, 0) is 31.1 Å². The normalized spacial score (nSPS) is 12.1. The van der Waals surface area contributed by atoms with Gasteiger partial charge in [-0.25, -0.2) is 0 Å². The number of hydrogen-bond acceptors (Lipinski definition) is 6. The molecule has 6 heteroatoms. The van der Waals surface area contributed by atoms with Gasteiger partial charge in [-0.2, -0.15) is 0 Å². The Morgan fingerprint density at radius 1 is 0.317 bits per heavy atom. The second kappa shape index (κ2) is 46.9. The maximum absolute atomic E-state index is 12.8. The fourth-order valence-electron chi connectivity index (χ4n) is 8.17. The molecule has 1 atom stereocenters. The Kier molecular flexibility index (Phi) is 45.7. The summed E-state index contributed by atoms with van der Waals surface area (Å²) in [7, 11) is 0. The lowest BCUT2D eigenvalue weighted by Gasteiger charge is -2.18. The van der Waals surface area contributed by atoms with Crippen LogP contribution in [0.1, 0.15) is 298 Å². The summed E-state index contributed by atoms with van der Waals surface area (Å²) in [5.41, 5.74) is 0. The largest absolute Gasteiger partial charge is 0.462 e. The summed E-state index contributed by atoms with van der Waals surface area (Å²) in [6.07, 6.45) is 48.0. The van der Waals surface area contributed by atoms with Crippen LogP contribution in [0.25, 0.3) is 0 Å². The third-order valence-corrected chi connectivity index (χ3v) is 12.2. The summed E-state index contributed by atoms with van der Waals surface area (Å²) in [6, 6.07) is 0. The van der Waals surface area contributed by atoms with Crippen LogP contribution in [0.2, 0.25) is 0 Å². The summed E-state index contributed by atoms with van der Waals surface area (Å²) < 4.78 is 16.8.